The standard InChI is InChI=1S/C17H13NO/c1-12(19)15-8-4-5-9-16(15)17-10-13-6-2-3-7-14(13)11-18-17/h2-11H,1H3. The molecular formula is C17H13NO. The summed E-state index contributed by atoms with van der Waals surface area (Å²) in [5.74, 6) is 0.0607. The maximum Gasteiger partial charge on any atom is 0.160 e. The van der Waals surface area contributed by atoms with Crippen LogP contribution in [0.25, 0.3) is 22.0 Å². The number of benzene rings is 2. The van der Waals surface area contributed by atoms with Gasteiger partial charge in [0.05, 0.1) is 5.69 Å². The van der Waals surface area contributed by atoms with Gasteiger partial charge in [-0.2, -0.15) is 0 Å². The summed E-state index contributed by atoms with van der Waals surface area (Å²) in [6.07, 6.45) is 1.85. The van der Waals surface area contributed by atoms with Crippen LogP contribution in [0.4, 0.5) is 0 Å². The number of aromatic nitrogens is 1. The minimum atomic E-state index is 0.0607. The molecule has 2 nitrogen and oxygen atoms in total. The van der Waals surface area contributed by atoms with Crippen molar-refractivity contribution in [3.8, 4) is 11.3 Å². The predicted molar refractivity (Wildman–Crippen MR) is 77.2 cm³/mol. The van der Waals surface area contributed by atoms with Crippen LogP contribution in [0.2, 0.25) is 0 Å². The van der Waals surface area contributed by atoms with E-state index in [2.05, 4.69) is 11.1 Å². The second-order valence-electron chi connectivity index (χ2n) is 4.52. The predicted octanol–water partition coefficient (Wildman–Crippen LogP) is 4.10. The Kier molecular flexibility index (Phi) is 2.84. The first-order chi connectivity index (χ1) is 9.25. The van der Waals surface area contributed by atoms with Crippen molar-refractivity contribution in [3.05, 3.63) is 66.4 Å². The first-order valence-electron chi connectivity index (χ1n) is 6.21. The molecule has 0 fully saturated rings. The summed E-state index contributed by atoms with van der Waals surface area (Å²) in [5, 5.41) is 2.23. The van der Waals surface area contributed by atoms with Gasteiger partial charge in [-0.3, -0.25) is 9.78 Å². The van der Waals surface area contributed by atoms with E-state index >= 15 is 0 Å². The molecule has 0 amide bonds. The summed E-state index contributed by atoms with van der Waals surface area (Å²) >= 11 is 0. The number of Topliss-reactive ketones (excluding diaryl/α,β-unsaturated/α-hetero) is 1. The smallest absolute Gasteiger partial charge is 0.160 e. The summed E-state index contributed by atoms with van der Waals surface area (Å²) in [6, 6.07) is 17.7. The second kappa shape index (κ2) is 4.65. The van der Waals surface area contributed by atoms with Gasteiger partial charge >= 0.3 is 0 Å². The third-order valence-electron chi connectivity index (χ3n) is 3.21. The van der Waals surface area contributed by atoms with Crippen molar-refractivity contribution in [2.24, 2.45) is 0 Å². The van der Waals surface area contributed by atoms with Gasteiger partial charge in [0.2, 0.25) is 0 Å². The van der Waals surface area contributed by atoms with Crippen LogP contribution in [0.15, 0.2) is 60.8 Å². The highest BCUT2D eigenvalue weighted by Crippen LogP contribution is 2.25. The van der Waals surface area contributed by atoms with E-state index in [0.717, 1.165) is 22.0 Å². The van der Waals surface area contributed by atoms with Crippen LogP contribution in [0, 0.1) is 0 Å². The number of carbonyl (C=O) groups excluding carboxylic acids is 1. The minimum absolute atomic E-state index is 0.0607. The van der Waals surface area contributed by atoms with E-state index in [1.807, 2.05) is 54.7 Å². The molecule has 1 aromatic heterocycles. The highest BCUT2D eigenvalue weighted by Gasteiger charge is 2.09. The number of fused-ring (bicyclic) bond motifs is 1. The molecule has 0 spiro atoms. The summed E-state index contributed by atoms with van der Waals surface area (Å²) in [5.41, 5.74) is 2.44. The average Bonchev–Trinajstić information content (AvgIpc) is 2.46. The molecule has 0 N–H and O–H groups in total. The topological polar surface area (TPSA) is 30.0 Å². The maximum atomic E-state index is 11.7. The van der Waals surface area contributed by atoms with E-state index in [-0.39, 0.29) is 5.78 Å². The SMILES string of the molecule is CC(=O)c1ccccc1-c1cc2ccccc2cn1. The largest absolute Gasteiger partial charge is 0.294 e. The van der Waals surface area contributed by atoms with E-state index in [9.17, 15) is 4.79 Å². The Morgan fingerprint density at radius 2 is 1.63 bits per heavy atom. The van der Waals surface area contributed by atoms with Gasteiger partial charge in [0.1, 0.15) is 0 Å². The quantitative estimate of drug-likeness (QED) is 0.638. The first kappa shape index (κ1) is 11.6. The molecule has 0 saturated carbocycles. The molecule has 0 radical (unpaired) electrons. The third kappa shape index (κ3) is 2.13. The van der Waals surface area contributed by atoms with Crippen molar-refractivity contribution in [3.63, 3.8) is 0 Å². The summed E-state index contributed by atoms with van der Waals surface area (Å²) < 4.78 is 0. The molecule has 0 aliphatic rings. The Morgan fingerprint density at radius 3 is 2.42 bits per heavy atom. The molecule has 2 heteroatoms. The molecule has 0 atom stereocenters. The van der Waals surface area contributed by atoms with Crippen LogP contribution in [0.3, 0.4) is 0 Å². The van der Waals surface area contributed by atoms with Gasteiger partial charge in [-0.15, -0.1) is 0 Å². The summed E-state index contributed by atoms with van der Waals surface area (Å²) in [6.45, 7) is 1.58. The molecule has 3 aromatic rings. The molecule has 0 aliphatic heterocycles. The average molecular weight is 247 g/mol. The monoisotopic (exact) mass is 247 g/mol. The Labute approximate surface area is 111 Å². The van der Waals surface area contributed by atoms with Gasteiger partial charge in [0, 0.05) is 22.7 Å². The van der Waals surface area contributed by atoms with Crippen LogP contribution >= 0.6 is 0 Å². The van der Waals surface area contributed by atoms with Gasteiger partial charge in [0.25, 0.3) is 0 Å². The number of hydrogen-bond acceptors (Lipinski definition) is 2. The summed E-state index contributed by atoms with van der Waals surface area (Å²) in [7, 11) is 0. The van der Waals surface area contributed by atoms with Crippen molar-refractivity contribution >= 4 is 16.6 Å². The minimum Gasteiger partial charge on any atom is -0.294 e. The fraction of sp³-hybridized carbons (Fsp3) is 0.0588. The number of nitrogens with zero attached hydrogens (tertiary/aromatic N) is 1. The molecule has 0 unspecified atom stereocenters. The van der Waals surface area contributed by atoms with Gasteiger partial charge < -0.3 is 0 Å². The fourth-order valence-corrected chi connectivity index (χ4v) is 2.24. The zero-order chi connectivity index (χ0) is 13.2. The maximum absolute atomic E-state index is 11.7. The number of ketones is 1. The molecule has 2 aromatic carbocycles. The zero-order valence-electron chi connectivity index (χ0n) is 10.6. The van der Waals surface area contributed by atoms with Crippen LogP contribution < -0.4 is 0 Å². The lowest BCUT2D eigenvalue weighted by atomic mass is 10.00. The number of pyridine rings is 1. The van der Waals surface area contributed by atoms with Crippen molar-refractivity contribution in [2.75, 3.05) is 0 Å². The second-order valence-corrected chi connectivity index (χ2v) is 4.52. The van der Waals surface area contributed by atoms with Gasteiger partial charge in [-0.05, 0) is 18.4 Å². The third-order valence-corrected chi connectivity index (χ3v) is 3.21. The van der Waals surface area contributed by atoms with Crippen LogP contribution in [-0.2, 0) is 0 Å². The van der Waals surface area contributed by atoms with Gasteiger partial charge in [-0.1, -0.05) is 48.5 Å². The van der Waals surface area contributed by atoms with Crippen molar-refractivity contribution < 1.29 is 4.79 Å². The van der Waals surface area contributed by atoms with Gasteiger partial charge in [-0.25, -0.2) is 0 Å². The molecule has 1 heterocycles. The number of carbonyl (C=O) groups is 1. The van der Waals surface area contributed by atoms with E-state index in [1.54, 1.807) is 6.92 Å². The van der Waals surface area contributed by atoms with Crippen LogP contribution in [0.5, 0.6) is 0 Å². The summed E-state index contributed by atoms with van der Waals surface area (Å²) in [4.78, 5) is 16.1. The number of hydrogen-bond donors (Lipinski definition) is 0. The van der Waals surface area contributed by atoms with Crippen LogP contribution in [-0.4, -0.2) is 10.8 Å². The number of rotatable bonds is 2. The first-order valence-corrected chi connectivity index (χ1v) is 6.21. The van der Waals surface area contributed by atoms with E-state index in [1.165, 1.54) is 0 Å². The molecule has 92 valence electrons. The lowest BCUT2D eigenvalue weighted by Gasteiger charge is -2.07. The van der Waals surface area contributed by atoms with Crippen LogP contribution in [0.1, 0.15) is 17.3 Å². The van der Waals surface area contributed by atoms with E-state index in [4.69, 9.17) is 0 Å². The Bertz CT molecular complexity index is 762. The Hall–Kier alpha value is -2.48. The van der Waals surface area contributed by atoms with E-state index < -0.39 is 0 Å². The van der Waals surface area contributed by atoms with Crippen molar-refractivity contribution in [1.82, 2.24) is 4.98 Å². The highest BCUT2D eigenvalue weighted by atomic mass is 16.1. The lowest BCUT2D eigenvalue weighted by Crippen LogP contribution is -1.96. The van der Waals surface area contributed by atoms with Crippen molar-refractivity contribution in [2.45, 2.75) is 6.92 Å². The Balaban J connectivity index is 2.22. The lowest BCUT2D eigenvalue weighted by molar-refractivity contribution is 0.101. The van der Waals surface area contributed by atoms with Gasteiger partial charge in [0.15, 0.2) is 5.78 Å². The zero-order valence-corrected chi connectivity index (χ0v) is 10.6. The van der Waals surface area contributed by atoms with Crippen molar-refractivity contribution in [1.29, 1.82) is 0 Å². The normalized spacial score (nSPS) is 10.6. The molecule has 0 bridgehead atoms. The van der Waals surface area contributed by atoms with E-state index in [0.29, 0.717) is 5.56 Å². The molecule has 0 aliphatic carbocycles. The molecule has 0 saturated heterocycles. The molecule has 19 heavy (non-hydrogen) atoms. The fourth-order valence-electron chi connectivity index (χ4n) is 2.24. The molecule has 3 rings (SSSR count). The highest BCUT2D eigenvalue weighted by molar-refractivity contribution is 6.01. The Morgan fingerprint density at radius 1 is 0.947 bits per heavy atom. The molecular weight excluding hydrogens is 234 g/mol.